The summed E-state index contributed by atoms with van der Waals surface area (Å²) in [6.07, 6.45) is 17.8. The molecule has 0 heterocycles. The van der Waals surface area contributed by atoms with Gasteiger partial charge in [0.05, 0.1) is 34.5 Å². The topological polar surface area (TPSA) is 46.2 Å². The van der Waals surface area contributed by atoms with Crippen LogP contribution in [0.2, 0.25) is 18.1 Å². The average Bonchev–Trinajstić information content (AvgIpc) is 2.88. The number of methoxy groups -OCH3 is 4. The van der Waals surface area contributed by atoms with Crippen molar-refractivity contribution in [3.8, 4) is 35.3 Å². The minimum atomic E-state index is -2.08. The van der Waals surface area contributed by atoms with Gasteiger partial charge in [0, 0.05) is 17.0 Å². The van der Waals surface area contributed by atoms with Gasteiger partial charge in [0.2, 0.25) is 11.5 Å². The van der Waals surface area contributed by atoms with Gasteiger partial charge in [0.15, 0.2) is 19.8 Å². The van der Waals surface area contributed by atoms with E-state index in [2.05, 4.69) is 46.7 Å². The molecule has 1 aromatic carbocycles. The Bertz CT molecular complexity index is 927. The molecule has 216 valence electrons. The molecule has 1 fully saturated rings. The van der Waals surface area contributed by atoms with Crippen molar-refractivity contribution in [2.45, 2.75) is 116 Å². The van der Waals surface area contributed by atoms with Crippen LogP contribution in [0.1, 0.15) is 102 Å². The van der Waals surface area contributed by atoms with Crippen LogP contribution in [0.5, 0.6) is 23.0 Å². The van der Waals surface area contributed by atoms with Gasteiger partial charge < -0.3 is 23.4 Å². The highest BCUT2D eigenvalue weighted by molar-refractivity contribution is 6.74. The zero-order valence-electron chi connectivity index (χ0n) is 25.9. The van der Waals surface area contributed by atoms with Gasteiger partial charge in [-0.25, -0.2) is 0 Å². The van der Waals surface area contributed by atoms with E-state index in [1.807, 2.05) is 0 Å². The van der Waals surface area contributed by atoms with Crippen LogP contribution in [0.3, 0.4) is 0 Å². The molecule has 0 N–H and O–H groups in total. The van der Waals surface area contributed by atoms with E-state index < -0.39 is 8.32 Å². The summed E-state index contributed by atoms with van der Waals surface area (Å²) >= 11 is 0. The van der Waals surface area contributed by atoms with Gasteiger partial charge in [-0.15, -0.1) is 12.3 Å². The highest BCUT2D eigenvalue weighted by Crippen LogP contribution is 2.53. The van der Waals surface area contributed by atoms with E-state index in [0.29, 0.717) is 28.9 Å². The van der Waals surface area contributed by atoms with Gasteiger partial charge in [-0.3, -0.25) is 0 Å². The average molecular weight is 547 g/mol. The first-order valence-electron chi connectivity index (χ1n) is 14.5. The Morgan fingerprint density at radius 2 is 1.39 bits per heavy atom. The smallest absolute Gasteiger partial charge is 0.207 e. The first-order valence-corrected chi connectivity index (χ1v) is 17.4. The Hall–Kier alpha value is -1.84. The number of rotatable bonds is 14. The van der Waals surface area contributed by atoms with Gasteiger partial charge >= 0.3 is 0 Å². The summed E-state index contributed by atoms with van der Waals surface area (Å²) in [4.78, 5) is 0. The predicted octanol–water partition coefficient (Wildman–Crippen LogP) is 8.87. The fourth-order valence-corrected chi connectivity index (χ4v) is 6.96. The Kier molecular flexibility index (Phi) is 12.4. The molecular formula is C32H54O5Si. The van der Waals surface area contributed by atoms with E-state index in [9.17, 15) is 0 Å². The van der Waals surface area contributed by atoms with Crippen molar-refractivity contribution in [3.63, 3.8) is 0 Å². The van der Waals surface area contributed by atoms with Gasteiger partial charge in [-0.2, -0.15) is 0 Å². The first-order chi connectivity index (χ1) is 18.0. The van der Waals surface area contributed by atoms with Crippen LogP contribution in [0.4, 0.5) is 0 Å². The lowest BCUT2D eigenvalue weighted by Gasteiger charge is -2.40. The molecule has 0 saturated heterocycles. The summed E-state index contributed by atoms with van der Waals surface area (Å²) < 4.78 is 30.4. The third-order valence-electron chi connectivity index (χ3n) is 8.90. The lowest BCUT2D eigenvalue weighted by atomic mass is 9.77. The molecule has 0 radical (unpaired) electrons. The van der Waals surface area contributed by atoms with Crippen molar-refractivity contribution < 1.29 is 23.4 Å². The standard InChI is InChI=1S/C32H54O5Si/c1-12-24-19-17-18-21-25(24)20-15-13-14-16-22-26(37-38(10,11)32(3,4)5)27-23(2)28(33-6)30(35-8)31(36-9)29(27)34-7/h1,24-26H,13-22H2,2-11H3. The molecule has 5 nitrogen and oxygen atoms in total. The zero-order chi connectivity index (χ0) is 28.5. The zero-order valence-corrected chi connectivity index (χ0v) is 26.9. The highest BCUT2D eigenvalue weighted by atomic mass is 28.4. The molecule has 0 bridgehead atoms. The van der Waals surface area contributed by atoms with E-state index >= 15 is 0 Å². The Labute approximate surface area is 234 Å². The van der Waals surface area contributed by atoms with Gasteiger partial charge in [-0.1, -0.05) is 59.3 Å². The van der Waals surface area contributed by atoms with Crippen molar-refractivity contribution in [2.75, 3.05) is 28.4 Å². The normalized spacial score (nSPS) is 19.0. The second-order valence-electron chi connectivity index (χ2n) is 12.3. The summed E-state index contributed by atoms with van der Waals surface area (Å²) in [5.74, 6) is 6.70. The van der Waals surface area contributed by atoms with Crippen molar-refractivity contribution >= 4 is 8.32 Å². The monoisotopic (exact) mass is 546 g/mol. The van der Waals surface area contributed by atoms with Gasteiger partial charge in [0.25, 0.3) is 0 Å². The number of benzene rings is 1. The number of hydrogen-bond acceptors (Lipinski definition) is 5. The molecular weight excluding hydrogens is 492 g/mol. The molecule has 0 aromatic heterocycles. The van der Waals surface area contributed by atoms with E-state index in [1.54, 1.807) is 28.4 Å². The largest absolute Gasteiger partial charge is 0.492 e. The highest BCUT2D eigenvalue weighted by Gasteiger charge is 2.41. The van der Waals surface area contributed by atoms with Crippen LogP contribution in [-0.4, -0.2) is 36.8 Å². The van der Waals surface area contributed by atoms with Crippen molar-refractivity contribution in [1.29, 1.82) is 0 Å². The molecule has 1 saturated carbocycles. The van der Waals surface area contributed by atoms with E-state index in [1.165, 1.54) is 51.4 Å². The molecule has 1 aliphatic rings. The Morgan fingerprint density at radius 3 is 1.95 bits per heavy atom. The molecule has 0 amide bonds. The Morgan fingerprint density at radius 1 is 0.842 bits per heavy atom. The third-order valence-corrected chi connectivity index (χ3v) is 13.4. The quantitative estimate of drug-likeness (QED) is 0.132. The molecule has 38 heavy (non-hydrogen) atoms. The summed E-state index contributed by atoms with van der Waals surface area (Å²) in [6.45, 7) is 13.5. The molecule has 6 heteroatoms. The number of terminal acetylenes is 1. The number of hydrogen-bond donors (Lipinski definition) is 0. The number of unbranched alkanes of at least 4 members (excludes halogenated alkanes) is 3. The van der Waals surface area contributed by atoms with Crippen LogP contribution >= 0.6 is 0 Å². The predicted molar refractivity (Wildman–Crippen MR) is 160 cm³/mol. The summed E-state index contributed by atoms with van der Waals surface area (Å²) in [5.41, 5.74) is 1.98. The molecule has 0 aliphatic heterocycles. The van der Waals surface area contributed by atoms with Gasteiger partial charge in [-0.05, 0) is 56.7 Å². The van der Waals surface area contributed by atoms with E-state index in [0.717, 1.165) is 29.9 Å². The van der Waals surface area contributed by atoms with Crippen LogP contribution < -0.4 is 18.9 Å². The molecule has 1 aromatic rings. The fourth-order valence-electron chi connectivity index (χ4n) is 5.66. The maximum atomic E-state index is 7.10. The Balaban J connectivity index is 2.27. The fraction of sp³-hybridized carbons (Fsp3) is 0.750. The SMILES string of the molecule is C#CC1CCCCC1CCCCCCC(O[Si](C)(C)C(C)(C)C)c1c(C)c(OC)c(OC)c(OC)c1OC. The summed E-state index contributed by atoms with van der Waals surface area (Å²) in [5, 5.41) is 0.0839. The third kappa shape index (κ3) is 7.63. The number of ether oxygens (including phenoxy) is 4. The maximum Gasteiger partial charge on any atom is 0.207 e. The molecule has 2 rings (SSSR count). The first kappa shape index (κ1) is 32.4. The molecule has 3 unspecified atom stereocenters. The minimum absolute atomic E-state index is 0.0839. The van der Waals surface area contributed by atoms with Crippen molar-refractivity contribution in [3.05, 3.63) is 11.1 Å². The van der Waals surface area contributed by atoms with Crippen LogP contribution in [0.25, 0.3) is 0 Å². The summed E-state index contributed by atoms with van der Waals surface area (Å²) in [7, 11) is 4.53. The summed E-state index contributed by atoms with van der Waals surface area (Å²) in [6, 6.07) is 0. The molecule has 3 atom stereocenters. The van der Waals surface area contributed by atoms with Crippen LogP contribution in [0, 0.1) is 31.1 Å². The lowest BCUT2D eigenvalue weighted by molar-refractivity contribution is 0.162. The van der Waals surface area contributed by atoms with Crippen molar-refractivity contribution in [1.82, 2.24) is 0 Å². The second-order valence-corrected chi connectivity index (χ2v) is 17.1. The second kappa shape index (κ2) is 14.5. The van der Waals surface area contributed by atoms with E-state index in [-0.39, 0.29) is 11.1 Å². The lowest BCUT2D eigenvalue weighted by Crippen LogP contribution is -2.42. The van der Waals surface area contributed by atoms with Gasteiger partial charge in [0.1, 0.15) is 0 Å². The van der Waals surface area contributed by atoms with Crippen molar-refractivity contribution in [2.24, 2.45) is 11.8 Å². The molecule has 1 aliphatic carbocycles. The van der Waals surface area contributed by atoms with E-state index in [4.69, 9.17) is 29.8 Å². The minimum Gasteiger partial charge on any atom is -0.492 e. The molecule has 0 spiro atoms. The van der Waals surface area contributed by atoms with Crippen LogP contribution in [-0.2, 0) is 4.43 Å². The maximum absolute atomic E-state index is 7.10. The van der Waals surface area contributed by atoms with Crippen LogP contribution in [0.15, 0.2) is 0 Å².